The van der Waals surface area contributed by atoms with E-state index in [1.54, 1.807) is 14.0 Å². The highest BCUT2D eigenvalue weighted by Crippen LogP contribution is 2.25. The standard InChI is InChI=1S/C11H18N4O4S/c1-6(5-11(2,12)9(18)19-4)20-10-13-7(16)8(17)14-15(10)3/h6H,5,12H2,1-4H3,(H,14,17). The zero-order chi connectivity index (χ0) is 15.5. The van der Waals surface area contributed by atoms with E-state index in [-0.39, 0.29) is 5.25 Å². The van der Waals surface area contributed by atoms with Gasteiger partial charge in [-0.15, -0.1) is 0 Å². The molecule has 0 amide bonds. The quantitative estimate of drug-likeness (QED) is 0.416. The minimum absolute atomic E-state index is 0.104. The van der Waals surface area contributed by atoms with E-state index in [1.807, 2.05) is 6.92 Å². The van der Waals surface area contributed by atoms with Crippen molar-refractivity contribution in [3.63, 3.8) is 0 Å². The van der Waals surface area contributed by atoms with Crippen LogP contribution in [0.5, 0.6) is 0 Å². The molecule has 0 saturated carbocycles. The molecule has 20 heavy (non-hydrogen) atoms. The number of thioether (sulfide) groups is 1. The van der Waals surface area contributed by atoms with Crippen molar-refractivity contribution in [3.05, 3.63) is 20.7 Å². The number of carbonyl (C=O) groups excluding carboxylic acids is 1. The van der Waals surface area contributed by atoms with Crippen molar-refractivity contribution in [3.8, 4) is 0 Å². The van der Waals surface area contributed by atoms with Gasteiger partial charge in [0.25, 0.3) is 0 Å². The Morgan fingerprint density at radius 3 is 2.75 bits per heavy atom. The highest BCUT2D eigenvalue weighted by Gasteiger charge is 2.32. The van der Waals surface area contributed by atoms with Gasteiger partial charge in [0.05, 0.1) is 7.11 Å². The minimum Gasteiger partial charge on any atom is -0.468 e. The molecule has 112 valence electrons. The van der Waals surface area contributed by atoms with Crippen LogP contribution in [-0.4, -0.2) is 38.6 Å². The van der Waals surface area contributed by atoms with Gasteiger partial charge in [-0.25, -0.2) is 0 Å². The zero-order valence-corrected chi connectivity index (χ0v) is 12.6. The average molecular weight is 302 g/mol. The van der Waals surface area contributed by atoms with Crippen molar-refractivity contribution in [1.82, 2.24) is 14.8 Å². The fraction of sp³-hybridized carbons (Fsp3) is 0.636. The van der Waals surface area contributed by atoms with Crippen molar-refractivity contribution in [1.29, 1.82) is 0 Å². The summed E-state index contributed by atoms with van der Waals surface area (Å²) in [7, 11) is 2.85. The molecule has 9 heteroatoms. The van der Waals surface area contributed by atoms with E-state index in [9.17, 15) is 14.4 Å². The zero-order valence-electron chi connectivity index (χ0n) is 11.8. The fourth-order valence-corrected chi connectivity index (χ4v) is 2.83. The lowest BCUT2D eigenvalue weighted by molar-refractivity contribution is -0.146. The fourth-order valence-electron chi connectivity index (χ4n) is 1.70. The van der Waals surface area contributed by atoms with Crippen LogP contribution < -0.4 is 16.9 Å². The molecule has 2 atom stereocenters. The summed E-state index contributed by atoms with van der Waals surface area (Å²) in [6, 6.07) is 0. The summed E-state index contributed by atoms with van der Waals surface area (Å²) in [6.45, 7) is 3.42. The molecular formula is C11H18N4O4S. The molecule has 0 aromatic carbocycles. The second kappa shape index (κ2) is 6.23. The van der Waals surface area contributed by atoms with Gasteiger partial charge in [-0.3, -0.25) is 24.2 Å². The van der Waals surface area contributed by atoms with Gasteiger partial charge in [0, 0.05) is 12.3 Å². The van der Waals surface area contributed by atoms with Gasteiger partial charge in [-0.1, -0.05) is 18.7 Å². The number of nitrogens with zero attached hydrogens (tertiary/aromatic N) is 2. The maximum Gasteiger partial charge on any atom is 0.339 e. The molecule has 2 unspecified atom stereocenters. The van der Waals surface area contributed by atoms with Crippen molar-refractivity contribution < 1.29 is 9.53 Å². The molecule has 0 aliphatic rings. The number of H-pyrrole nitrogens is 1. The first-order valence-corrected chi connectivity index (χ1v) is 6.76. The molecule has 3 N–H and O–H groups in total. The molecular weight excluding hydrogens is 284 g/mol. The average Bonchev–Trinajstić information content (AvgIpc) is 2.34. The number of hydrogen-bond acceptors (Lipinski definition) is 7. The second-order valence-corrected chi connectivity index (χ2v) is 6.15. The van der Waals surface area contributed by atoms with Crippen LogP contribution in [0.1, 0.15) is 20.3 Å². The van der Waals surface area contributed by atoms with Crippen LogP contribution in [0, 0.1) is 0 Å². The van der Waals surface area contributed by atoms with Crippen molar-refractivity contribution >= 4 is 17.7 Å². The molecule has 0 radical (unpaired) electrons. The molecule has 0 fully saturated rings. The molecule has 1 heterocycles. The molecule has 1 aromatic rings. The van der Waals surface area contributed by atoms with Crippen LogP contribution in [0.25, 0.3) is 0 Å². The van der Waals surface area contributed by atoms with Gasteiger partial charge < -0.3 is 10.5 Å². The summed E-state index contributed by atoms with van der Waals surface area (Å²) >= 11 is 1.24. The largest absolute Gasteiger partial charge is 0.468 e. The number of carbonyl (C=O) groups is 1. The molecule has 1 aromatic heterocycles. The molecule has 1 rings (SSSR count). The van der Waals surface area contributed by atoms with Crippen LogP contribution in [0.15, 0.2) is 14.7 Å². The van der Waals surface area contributed by atoms with E-state index in [0.29, 0.717) is 11.6 Å². The first kappa shape index (κ1) is 16.4. The summed E-state index contributed by atoms with van der Waals surface area (Å²) in [4.78, 5) is 37.5. The van der Waals surface area contributed by atoms with Gasteiger partial charge in [0.1, 0.15) is 5.54 Å². The number of aromatic nitrogens is 3. The van der Waals surface area contributed by atoms with Crippen molar-refractivity contribution in [2.75, 3.05) is 7.11 Å². The van der Waals surface area contributed by atoms with Crippen LogP contribution >= 0.6 is 11.8 Å². The highest BCUT2D eigenvalue weighted by atomic mass is 32.2. The summed E-state index contributed by atoms with van der Waals surface area (Å²) in [5.74, 6) is -0.506. The highest BCUT2D eigenvalue weighted by molar-refractivity contribution is 7.99. The third-order valence-electron chi connectivity index (χ3n) is 2.62. The monoisotopic (exact) mass is 302 g/mol. The van der Waals surface area contributed by atoms with E-state index in [2.05, 4.69) is 14.8 Å². The summed E-state index contributed by atoms with van der Waals surface area (Å²) < 4.78 is 5.99. The third-order valence-corrected chi connectivity index (χ3v) is 3.76. The lowest BCUT2D eigenvalue weighted by Gasteiger charge is -2.24. The Kier molecular flexibility index (Phi) is 5.12. The Hall–Kier alpha value is -1.61. The molecule has 0 bridgehead atoms. The number of aryl methyl sites for hydroxylation is 1. The van der Waals surface area contributed by atoms with Crippen LogP contribution in [-0.2, 0) is 16.6 Å². The lowest BCUT2D eigenvalue weighted by atomic mass is 9.98. The first-order valence-electron chi connectivity index (χ1n) is 5.88. The van der Waals surface area contributed by atoms with Gasteiger partial charge in [-0.2, -0.15) is 4.98 Å². The number of nitrogens with two attached hydrogens (primary N) is 1. The van der Waals surface area contributed by atoms with E-state index in [4.69, 9.17) is 5.73 Å². The first-order chi connectivity index (χ1) is 9.17. The van der Waals surface area contributed by atoms with Crippen LogP contribution in [0.3, 0.4) is 0 Å². The minimum atomic E-state index is -1.12. The molecule has 8 nitrogen and oxygen atoms in total. The Labute approximate surface area is 119 Å². The Morgan fingerprint density at radius 1 is 1.60 bits per heavy atom. The topological polar surface area (TPSA) is 120 Å². The van der Waals surface area contributed by atoms with Gasteiger partial charge in [0.2, 0.25) is 0 Å². The van der Waals surface area contributed by atoms with E-state index >= 15 is 0 Å². The summed E-state index contributed by atoms with van der Waals surface area (Å²) in [5, 5.41) is 2.60. The maximum absolute atomic E-state index is 11.5. The second-order valence-electron chi connectivity index (χ2n) is 4.74. The molecule has 0 aliphatic heterocycles. The Bertz CT molecular complexity index is 607. The van der Waals surface area contributed by atoms with Gasteiger partial charge in [-0.05, 0) is 13.3 Å². The van der Waals surface area contributed by atoms with E-state index in [0.717, 1.165) is 0 Å². The smallest absolute Gasteiger partial charge is 0.339 e. The van der Waals surface area contributed by atoms with Crippen molar-refractivity contribution in [2.24, 2.45) is 12.8 Å². The molecule has 0 aliphatic carbocycles. The maximum atomic E-state index is 11.5. The number of methoxy groups -OCH3 is 1. The van der Waals surface area contributed by atoms with Crippen molar-refractivity contribution in [2.45, 2.75) is 36.2 Å². The third kappa shape index (κ3) is 3.94. The van der Waals surface area contributed by atoms with Crippen LogP contribution in [0.2, 0.25) is 0 Å². The summed E-state index contributed by atoms with van der Waals surface area (Å²) in [6.07, 6.45) is 0.333. The van der Waals surface area contributed by atoms with Crippen LogP contribution in [0.4, 0.5) is 0 Å². The number of esters is 1. The summed E-state index contributed by atoms with van der Waals surface area (Å²) in [5.41, 5.74) is 3.14. The predicted octanol–water partition coefficient (Wildman–Crippen LogP) is -0.770. The molecule has 0 spiro atoms. The van der Waals surface area contributed by atoms with E-state index < -0.39 is 22.6 Å². The van der Waals surface area contributed by atoms with Gasteiger partial charge >= 0.3 is 17.1 Å². The normalized spacial score (nSPS) is 15.4. The number of aromatic amines is 1. The predicted molar refractivity (Wildman–Crippen MR) is 74.6 cm³/mol. The SMILES string of the molecule is COC(=O)C(C)(N)CC(C)Sc1nc(=O)c(=O)[nH]n1C. The molecule has 0 saturated heterocycles. The van der Waals surface area contributed by atoms with E-state index in [1.165, 1.54) is 23.6 Å². The van der Waals surface area contributed by atoms with Gasteiger partial charge in [0.15, 0.2) is 5.16 Å². The lowest BCUT2D eigenvalue weighted by Crippen LogP contribution is -2.47. The number of ether oxygens (including phenoxy) is 1. The number of hydrogen-bond donors (Lipinski definition) is 2. The number of rotatable bonds is 5. The number of nitrogens with one attached hydrogen (secondary N) is 1. The Balaban J connectivity index is 2.84. The Morgan fingerprint density at radius 2 is 2.20 bits per heavy atom.